The van der Waals surface area contributed by atoms with E-state index in [1.165, 1.54) is 44.1 Å². The second-order valence-corrected chi connectivity index (χ2v) is 11.1. The summed E-state index contributed by atoms with van der Waals surface area (Å²) in [6.07, 6.45) is 11.8. The smallest absolute Gasteiger partial charge is 0.155 e. The summed E-state index contributed by atoms with van der Waals surface area (Å²) in [7, 11) is 0. The molecule has 0 aliphatic heterocycles. The maximum Gasteiger partial charge on any atom is 0.155 e. The number of hydrogen-bond acceptors (Lipinski definition) is 2. The number of hydrogen-bond donors (Lipinski definition) is 0. The van der Waals surface area contributed by atoms with E-state index in [0.29, 0.717) is 29.0 Å². The van der Waals surface area contributed by atoms with Gasteiger partial charge in [0, 0.05) is 6.42 Å². The van der Waals surface area contributed by atoms with Crippen LogP contribution in [0.25, 0.3) is 0 Å². The molecule has 0 saturated heterocycles. The van der Waals surface area contributed by atoms with E-state index in [9.17, 15) is 10.1 Å². The first-order valence-corrected chi connectivity index (χ1v) is 12.1. The molecule has 0 heterocycles. The van der Waals surface area contributed by atoms with E-state index >= 15 is 0 Å². The van der Waals surface area contributed by atoms with Gasteiger partial charge in [0.05, 0.1) is 12.0 Å². The molecule has 6 aliphatic carbocycles. The van der Waals surface area contributed by atoms with Crippen LogP contribution in [0.15, 0.2) is 11.6 Å². The van der Waals surface area contributed by atoms with Gasteiger partial charge in [-0.2, -0.15) is 5.26 Å². The van der Waals surface area contributed by atoms with Crippen LogP contribution in [-0.4, -0.2) is 5.78 Å². The predicted molar refractivity (Wildman–Crippen MR) is 111 cm³/mol. The van der Waals surface area contributed by atoms with Gasteiger partial charge in [-0.1, -0.05) is 33.3 Å². The minimum atomic E-state index is 0.231. The third-order valence-corrected chi connectivity index (χ3v) is 10.4. The van der Waals surface area contributed by atoms with Gasteiger partial charge in [0.2, 0.25) is 0 Å². The molecule has 0 amide bonds. The first kappa shape index (κ1) is 18.9. The Morgan fingerprint density at radius 2 is 1.82 bits per heavy atom. The average Bonchev–Trinajstić information content (AvgIpc) is 3.60. The topological polar surface area (TPSA) is 40.9 Å². The van der Waals surface area contributed by atoms with Crippen LogP contribution < -0.4 is 0 Å². The maximum atomic E-state index is 12.1. The van der Waals surface area contributed by atoms with Crippen LogP contribution in [0.3, 0.4) is 0 Å². The fourth-order valence-electron chi connectivity index (χ4n) is 9.05. The molecule has 6 rings (SSSR count). The van der Waals surface area contributed by atoms with E-state index in [2.05, 4.69) is 26.0 Å². The normalized spacial score (nSPS) is 53.3. The molecule has 152 valence electrons. The highest BCUT2D eigenvalue weighted by molar-refractivity contribution is 5.91. The number of fused-ring (bicyclic) bond motifs is 7. The van der Waals surface area contributed by atoms with Gasteiger partial charge >= 0.3 is 0 Å². The monoisotopic (exact) mass is 379 g/mol. The van der Waals surface area contributed by atoms with Crippen LogP contribution >= 0.6 is 0 Å². The molecular formula is C26H37NO. The van der Waals surface area contributed by atoms with Crippen molar-refractivity contribution in [3.05, 3.63) is 11.6 Å². The molecule has 0 N–H and O–H groups in total. The number of nitrogens with zero attached hydrogens (tertiary/aromatic N) is 1. The minimum Gasteiger partial charge on any atom is -0.295 e. The zero-order chi connectivity index (χ0) is 19.8. The predicted octanol–water partition coefficient (Wildman–Crippen LogP) is 6.18. The van der Waals surface area contributed by atoms with E-state index in [4.69, 9.17) is 0 Å². The Morgan fingerprint density at radius 3 is 2.50 bits per heavy atom. The van der Waals surface area contributed by atoms with Gasteiger partial charge < -0.3 is 0 Å². The summed E-state index contributed by atoms with van der Waals surface area (Å²) < 4.78 is 0. The molecule has 0 aromatic rings. The van der Waals surface area contributed by atoms with Crippen molar-refractivity contribution >= 4 is 5.78 Å². The van der Waals surface area contributed by atoms with Crippen molar-refractivity contribution in [2.45, 2.75) is 79.1 Å². The largest absolute Gasteiger partial charge is 0.295 e. The summed E-state index contributed by atoms with van der Waals surface area (Å²) in [5.41, 5.74) is 2.12. The lowest BCUT2D eigenvalue weighted by Crippen LogP contribution is -2.57. The summed E-state index contributed by atoms with van der Waals surface area (Å²) >= 11 is 0. The molecule has 5 saturated carbocycles. The van der Waals surface area contributed by atoms with E-state index in [1.54, 1.807) is 0 Å². The fraction of sp³-hybridized carbons (Fsp3) is 0.846. The molecule has 6 aliphatic rings. The zero-order valence-electron chi connectivity index (χ0n) is 18.2. The van der Waals surface area contributed by atoms with E-state index in [1.807, 2.05) is 13.8 Å². The molecule has 9 unspecified atom stereocenters. The van der Waals surface area contributed by atoms with Crippen LogP contribution in [-0.2, 0) is 4.79 Å². The summed E-state index contributed by atoms with van der Waals surface area (Å²) in [4.78, 5) is 12.1. The highest BCUT2D eigenvalue weighted by Gasteiger charge is 2.76. The molecule has 5 fully saturated rings. The zero-order valence-corrected chi connectivity index (χ0v) is 18.2. The molecule has 0 aromatic carbocycles. The average molecular weight is 380 g/mol. The molecule has 0 bridgehead atoms. The van der Waals surface area contributed by atoms with Crippen LogP contribution in [0.1, 0.15) is 79.1 Å². The molecule has 0 radical (unpaired) electrons. The third-order valence-electron chi connectivity index (χ3n) is 10.4. The number of carbonyl (C=O) groups excluding carboxylic acids is 1. The van der Waals surface area contributed by atoms with Gasteiger partial charge in [0.25, 0.3) is 0 Å². The lowest BCUT2D eigenvalue weighted by Gasteiger charge is -2.63. The van der Waals surface area contributed by atoms with Crippen LogP contribution in [0, 0.1) is 69.5 Å². The summed E-state index contributed by atoms with van der Waals surface area (Å²) in [5.74, 6) is 6.12. The molecule has 28 heavy (non-hydrogen) atoms. The maximum absolute atomic E-state index is 12.1. The Hall–Kier alpha value is -1.10. The van der Waals surface area contributed by atoms with Crippen molar-refractivity contribution in [1.29, 1.82) is 5.26 Å². The van der Waals surface area contributed by atoms with Gasteiger partial charge in [-0.25, -0.2) is 0 Å². The van der Waals surface area contributed by atoms with Gasteiger partial charge in [-0.05, 0) is 103 Å². The molecule has 2 heteroatoms. The Kier molecular flexibility index (Phi) is 4.18. The Labute approximate surface area is 171 Å². The lowest BCUT2D eigenvalue weighted by atomic mass is 9.41. The second-order valence-electron chi connectivity index (χ2n) is 11.1. The SMILES string of the molecule is CC.CC12CCC3C4CCC(=O)C=C4CC(C4CC4)C3C1(C)C1CC1C2C#N. The van der Waals surface area contributed by atoms with Crippen molar-refractivity contribution < 1.29 is 4.79 Å². The van der Waals surface area contributed by atoms with Crippen LogP contribution in [0.4, 0.5) is 0 Å². The Bertz CT molecular complexity index is 757. The molecule has 0 aromatic heterocycles. The van der Waals surface area contributed by atoms with Gasteiger partial charge in [0.1, 0.15) is 0 Å². The van der Waals surface area contributed by atoms with E-state index in [0.717, 1.165) is 42.4 Å². The Morgan fingerprint density at radius 1 is 1.07 bits per heavy atom. The number of rotatable bonds is 1. The summed E-state index contributed by atoms with van der Waals surface area (Å²) in [5, 5.41) is 9.99. The van der Waals surface area contributed by atoms with E-state index < -0.39 is 0 Å². The Balaban J connectivity index is 0.000000829. The quantitative estimate of drug-likeness (QED) is 0.546. The van der Waals surface area contributed by atoms with E-state index in [-0.39, 0.29) is 5.41 Å². The van der Waals surface area contributed by atoms with Gasteiger partial charge in [0.15, 0.2) is 5.78 Å². The van der Waals surface area contributed by atoms with Crippen molar-refractivity contribution in [3.8, 4) is 6.07 Å². The first-order chi connectivity index (χ1) is 13.5. The number of nitriles is 1. The van der Waals surface area contributed by atoms with Gasteiger partial charge in [-0.15, -0.1) is 0 Å². The number of carbonyl (C=O) groups is 1. The van der Waals surface area contributed by atoms with Crippen molar-refractivity contribution in [3.63, 3.8) is 0 Å². The van der Waals surface area contributed by atoms with Crippen molar-refractivity contribution in [2.75, 3.05) is 0 Å². The van der Waals surface area contributed by atoms with Crippen molar-refractivity contribution in [1.82, 2.24) is 0 Å². The van der Waals surface area contributed by atoms with Crippen LogP contribution in [0.5, 0.6) is 0 Å². The number of allylic oxidation sites excluding steroid dienone is 1. The lowest BCUT2D eigenvalue weighted by molar-refractivity contribution is -0.134. The first-order valence-electron chi connectivity index (χ1n) is 12.1. The standard InChI is InChI=1S/C24H31NO.C2H6/c1-23-8-7-17-16-6-5-15(26)9-14(16)10-18(13-3-4-13)22(17)24(23,2)20-11-19(20)21(23)12-25;1-2/h9,13,16-22H,3-8,10-11H2,1-2H3;1-2H3. The number of ketones is 1. The molecular weight excluding hydrogens is 342 g/mol. The second kappa shape index (κ2) is 6.20. The third kappa shape index (κ3) is 2.23. The fourth-order valence-corrected chi connectivity index (χ4v) is 9.05. The minimum absolute atomic E-state index is 0.231. The summed E-state index contributed by atoms with van der Waals surface area (Å²) in [6, 6.07) is 2.78. The summed E-state index contributed by atoms with van der Waals surface area (Å²) in [6.45, 7) is 9.10. The molecule has 0 spiro atoms. The highest BCUT2D eigenvalue weighted by atomic mass is 16.1. The van der Waals surface area contributed by atoms with Gasteiger partial charge in [-0.3, -0.25) is 4.79 Å². The highest BCUT2D eigenvalue weighted by Crippen LogP contribution is 2.81. The molecule has 9 atom stereocenters. The molecule has 2 nitrogen and oxygen atoms in total. The van der Waals surface area contributed by atoms with Crippen molar-refractivity contribution in [2.24, 2.45) is 58.2 Å². The van der Waals surface area contributed by atoms with Crippen LogP contribution in [0.2, 0.25) is 0 Å².